The summed E-state index contributed by atoms with van der Waals surface area (Å²) < 4.78 is 25.8. The lowest BCUT2D eigenvalue weighted by Gasteiger charge is -2.20. The zero-order valence-corrected chi connectivity index (χ0v) is 28.0. The van der Waals surface area contributed by atoms with Crippen molar-refractivity contribution in [2.45, 2.75) is 45.8 Å². The van der Waals surface area contributed by atoms with E-state index in [0.29, 0.717) is 41.0 Å². The lowest BCUT2D eigenvalue weighted by Crippen LogP contribution is -2.40. The minimum atomic E-state index is -0.476. The summed E-state index contributed by atoms with van der Waals surface area (Å²) >= 11 is 12.2. The van der Waals surface area contributed by atoms with Gasteiger partial charge in [-0.25, -0.2) is 4.98 Å². The number of carbonyl (C=O) groups excluding carboxylic acids is 3. The number of nitrogens with zero attached hydrogens (tertiary/aromatic N) is 1. The van der Waals surface area contributed by atoms with E-state index in [4.69, 9.17) is 47.3 Å². The van der Waals surface area contributed by atoms with Crippen LogP contribution in [0.4, 0.5) is 0 Å². The molecule has 2 unspecified atom stereocenters. The van der Waals surface area contributed by atoms with Crippen LogP contribution >= 0.6 is 23.2 Å². The Balaban J connectivity index is 0.000000267. The van der Waals surface area contributed by atoms with E-state index in [1.165, 1.54) is 31.9 Å². The van der Waals surface area contributed by atoms with Crippen LogP contribution in [0.25, 0.3) is 0 Å². The number of ether oxygens (including phenoxy) is 5. The Hall–Kier alpha value is -3.90. The zero-order valence-electron chi connectivity index (χ0n) is 26.5. The first-order chi connectivity index (χ1) is 22.0. The van der Waals surface area contributed by atoms with Gasteiger partial charge in [0.2, 0.25) is 6.79 Å². The topological polar surface area (TPSA) is 143 Å². The predicted octanol–water partition coefficient (Wildman–Crippen LogP) is 5.59. The van der Waals surface area contributed by atoms with Crippen LogP contribution in [0.1, 0.15) is 41.9 Å². The summed E-state index contributed by atoms with van der Waals surface area (Å²) in [7, 11) is 3.16. The van der Waals surface area contributed by atoms with Gasteiger partial charge in [-0.1, -0.05) is 47.0 Å². The molecule has 1 aliphatic heterocycles. The van der Waals surface area contributed by atoms with E-state index in [9.17, 15) is 14.4 Å². The maximum Gasteiger partial charge on any atom is 0.325 e. The van der Waals surface area contributed by atoms with Crippen LogP contribution in [0.15, 0.2) is 54.7 Å². The first kappa shape index (κ1) is 38.3. The predicted molar refractivity (Wildman–Crippen MR) is 174 cm³/mol. The van der Waals surface area contributed by atoms with Gasteiger partial charge in [0.05, 0.1) is 19.8 Å². The summed E-state index contributed by atoms with van der Waals surface area (Å²) in [6, 6.07) is 13.7. The number of phenolic OH excluding ortho intramolecular Hbond substituents is 1. The van der Waals surface area contributed by atoms with E-state index in [0.717, 1.165) is 18.4 Å². The Labute approximate surface area is 279 Å². The van der Waals surface area contributed by atoms with E-state index in [2.05, 4.69) is 15.0 Å². The fraction of sp³-hybridized carbons (Fsp3) is 0.394. The number of cyclic esters (lactones) is 1. The third kappa shape index (κ3) is 13.6. The molecule has 4 rings (SSSR count). The van der Waals surface area contributed by atoms with Crippen molar-refractivity contribution in [1.29, 1.82) is 0 Å². The van der Waals surface area contributed by atoms with Gasteiger partial charge in [-0.2, -0.15) is 0 Å². The Morgan fingerprint density at radius 3 is 2.46 bits per heavy atom. The highest BCUT2D eigenvalue weighted by Gasteiger charge is 2.26. The van der Waals surface area contributed by atoms with E-state index in [1.54, 1.807) is 25.2 Å². The number of aryl methyl sites for hydroxylation is 1. The highest BCUT2D eigenvalue weighted by molar-refractivity contribution is 6.35. The van der Waals surface area contributed by atoms with Crippen molar-refractivity contribution in [3.05, 3.63) is 81.6 Å². The summed E-state index contributed by atoms with van der Waals surface area (Å²) in [5.41, 5.74) is 2.29. The van der Waals surface area contributed by atoms with Crippen LogP contribution in [-0.2, 0) is 30.2 Å². The summed E-state index contributed by atoms with van der Waals surface area (Å²) in [4.78, 5) is 36.9. The molecular weight excluding hydrogens is 639 g/mol. The number of nitrogens with one attached hydrogen (secondary N) is 1. The monoisotopic (exact) mass is 678 g/mol. The molecule has 1 saturated heterocycles. The van der Waals surface area contributed by atoms with E-state index < -0.39 is 12.0 Å². The third-order valence-corrected chi connectivity index (χ3v) is 7.09. The normalized spacial score (nSPS) is 17.6. The molecule has 3 atom stereocenters. The largest absolute Gasteiger partial charge is 0.508 e. The first-order valence-corrected chi connectivity index (χ1v) is 15.1. The molecule has 2 aromatic carbocycles. The molecule has 0 radical (unpaired) electrons. The number of halogens is 2. The van der Waals surface area contributed by atoms with Crippen LogP contribution < -0.4 is 14.8 Å². The summed E-state index contributed by atoms with van der Waals surface area (Å²) in [5, 5.41) is 13.0. The number of phenols is 1. The van der Waals surface area contributed by atoms with Crippen LogP contribution in [0.2, 0.25) is 10.0 Å². The fourth-order valence-electron chi connectivity index (χ4n) is 4.18. The lowest BCUT2D eigenvalue weighted by molar-refractivity contribution is -0.151. The number of methoxy groups -OCH3 is 1. The summed E-state index contributed by atoms with van der Waals surface area (Å²) in [6.45, 7) is 5.74. The molecule has 2 N–H and O–H groups in total. The second-order valence-corrected chi connectivity index (χ2v) is 11.1. The third-order valence-electron chi connectivity index (χ3n) is 6.50. The van der Waals surface area contributed by atoms with Gasteiger partial charge in [-0.15, -0.1) is 0 Å². The number of pyridine rings is 1. The molecule has 13 heteroatoms. The van der Waals surface area contributed by atoms with Gasteiger partial charge in [0.1, 0.15) is 17.5 Å². The van der Waals surface area contributed by atoms with Crippen molar-refractivity contribution in [2.24, 2.45) is 5.92 Å². The summed E-state index contributed by atoms with van der Waals surface area (Å²) in [5.74, 6) is 0.328. The van der Waals surface area contributed by atoms with Crippen molar-refractivity contribution < 1.29 is 43.2 Å². The standard InChI is InChI=1S/C16H21Cl2NO3.C10H11NO5.C7H8O/c1-10-5-11(6-12-3-4-13(17)7-14(12)18)8-21-9-15(19-2)16(20)22-10;1-7(13)15-6-16-10-8(5-12)11-4-3-9(10)14-2;1-6-2-4-7(8)5-3-6/h3-4,7,10-11,15,19H,5-6,8-9H2,1-2H3;3-5H,6H2,1-2H3;2-5,8H,1H3/t10?,11?,15-;;/m0../s1. The minimum absolute atomic E-state index is 0.0894. The van der Waals surface area contributed by atoms with Crippen LogP contribution in [0, 0.1) is 12.8 Å². The SMILES string of the molecule is CN[C@H]1COCC(Cc2ccc(Cl)cc2Cl)CC(C)OC1=O.COc1ccnc(C=O)c1OCOC(C)=O.Cc1ccc(O)cc1. The number of aromatic hydroxyl groups is 1. The minimum Gasteiger partial charge on any atom is -0.508 e. The Morgan fingerprint density at radius 1 is 1.15 bits per heavy atom. The molecule has 250 valence electrons. The van der Waals surface area contributed by atoms with Gasteiger partial charge in [0, 0.05) is 35.8 Å². The van der Waals surface area contributed by atoms with Gasteiger partial charge >= 0.3 is 11.9 Å². The number of hydrogen-bond acceptors (Lipinski definition) is 11. The van der Waals surface area contributed by atoms with Crippen LogP contribution in [-0.4, -0.2) is 74.6 Å². The number of likely N-dealkylation sites (N-methyl/N-ethyl adjacent to an activating group) is 1. The highest BCUT2D eigenvalue weighted by Crippen LogP contribution is 2.28. The number of benzene rings is 2. The number of hydrogen-bond donors (Lipinski definition) is 2. The highest BCUT2D eigenvalue weighted by atomic mass is 35.5. The Morgan fingerprint density at radius 2 is 1.87 bits per heavy atom. The second-order valence-electron chi connectivity index (χ2n) is 10.2. The quantitative estimate of drug-likeness (QED) is 0.175. The maximum absolute atomic E-state index is 11.9. The smallest absolute Gasteiger partial charge is 0.325 e. The molecular formula is C33H40Cl2N2O9. The van der Waals surface area contributed by atoms with Gasteiger partial charge in [0.15, 0.2) is 17.8 Å². The van der Waals surface area contributed by atoms with Gasteiger partial charge in [0.25, 0.3) is 0 Å². The zero-order chi connectivity index (χ0) is 34.1. The van der Waals surface area contributed by atoms with E-state index in [1.807, 2.05) is 38.1 Å². The molecule has 1 aromatic heterocycles. The van der Waals surface area contributed by atoms with Crippen LogP contribution in [0.5, 0.6) is 17.2 Å². The molecule has 2 heterocycles. The van der Waals surface area contributed by atoms with Gasteiger partial charge < -0.3 is 34.1 Å². The van der Waals surface area contributed by atoms with E-state index >= 15 is 0 Å². The molecule has 0 saturated carbocycles. The Kier molecular flexibility index (Phi) is 16.9. The van der Waals surface area contributed by atoms with Gasteiger partial charge in [-0.3, -0.25) is 14.4 Å². The fourth-order valence-corrected chi connectivity index (χ4v) is 4.67. The van der Waals surface area contributed by atoms with Gasteiger partial charge in [-0.05, 0) is 69.5 Å². The molecule has 1 aliphatic rings. The van der Waals surface area contributed by atoms with Crippen LogP contribution in [0.3, 0.4) is 0 Å². The van der Waals surface area contributed by atoms with Crippen molar-refractivity contribution in [3.8, 4) is 17.2 Å². The average molecular weight is 680 g/mol. The molecule has 0 aliphatic carbocycles. The van der Waals surface area contributed by atoms with Crippen molar-refractivity contribution in [3.63, 3.8) is 0 Å². The number of carbonyl (C=O) groups is 3. The second kappa shape index (κ2) is 20.3. The number of aromatic nitrogens is 1. The molecule has 0 amide bonds. The summed E-state index contributed by atoms with van der Waals surface area (Å²) in [6.07, 6.45) is 3.30. The lowest BCUT2D eigenvalue weighted by atomic mass is 9.94. The van der Waals surface area contributed by atoms with Crippen molar-refractivity contribution in [1.82, 2.24) is 10.3 Å². The van der Waals surface area contributed by atoms with Crippen molar-refractivity contribution in [2.75, 3.05) is 34.2 Å². The average Bonchev–Trinajstić information content (AvgIpc) is 3.08. The number of esters is 2. The van der Waals surface area contributed by atoms with Crippen molar-refractivity contribution >= 4 is 41.4 Å². The molecule has 0 spiro atoms. The number of rotatable bonds is 8. The molecule has 0 bridgehead atoms. The molecule has 1 fully saturated rings. The molecule has 11 nitrogen and oxygen atoms in total. The van der Waals surface area contributed by atoms with E-state index in [-0.39, 0.29) is 36.2 Å². The maximum atomic E-state index is 11.9. The first-order valence-electron chi connectivity index (χ1n) is 14.4. The molecule has 3 aromatic rings. The molecule has 46 heavy (non-hydrogen) atoms. The number of aldehydes is 1. The Bertz CT molecular complexity index is 1390.